The van der Waals surface area contributed by atoms with E-state index in [1.807, 2.05) is 24.3 Å². The first-order chi connectivity index (χ1) is 13.1. The molecular formula is C19H16ClN3O3S. The summed E-state index contributed by atoms with van der Waals surface area (Å²) >= 11 is 7.09. The molecule has 0 aliphatic heterocycles. The molecule has 3 aromatic rings. The number of aromatic nitrogens is 2. The fourth-order valence-corrected chi connectivity index (χ4v) is 2.85. The third-order valence-corrected chi connectivity index (χ3v) is 4.48. The van der Waals surface area contributed by atoms with Gasteiger partial charge in [-0.3, -0.25) is 10.1 Å². The fourth-order valence-electron chi connectivity index (χ4n) is 2.07. The van der Waals surface area contributed by atoms with Crippen molar-refractivity contribution in [1.82, 2.24) is 10.2 Å². The van der Waals surface area contributed by atoms with Crippen molar-refractivity contribution < 1.29 is 14.3 Å². The van der Waals surface area contributed by atoms with Gasteiger partial charge in [-0.1, -0.05) is 35.1 Å². The lowest BCUT2D eigenvalue weighted by molar-refractivity contribution is -0.111. The molecule has 3 rings (SSSR count). The number of amides is 1. The Morgan fingerprint density at radius 3 is 2.52 bits per heavy atom. The lowest BCUT2D eigenvalue weighted by Gasteiger charge is -2.02. The standard InChI is InChI=1S/C19H16ClN3O3S/c1-25-15-7-2-13(3-8-15)4-11-17(24)21-19-23-22-18(27-19)12-26-16-9-5-14(20)6-10-16/h2-11H,12H2,1H3,(H,21,23,24)/b11-4+. The average Bonchev–Trinajstić information content (AvgIpc) is 3.13. The number of ether oxygens (including phenoxy) is 2. The number of halogens is 1. The molecule has 1 heterocycles. The van der Waals surface area contributed by atoms with Gasteiger partial charge in [0.05, 0.1) is 7.11 Å². The molecule has 1 N–H and O–H groups in total. The molecule has 0 aliphatic carbocycles. The van der Waals surface area contributed by atoms with Crippen molar-refractivity contribution in [3.8, 4) is 11.5 Å². The molecular weight excluding hydrogens is 386 g/mol. The Labute approximate surface area is 165 Å². The van der Waals surface area contributed by atoms with E-state index in [0.29, 0.717) is 20.9 Å². The molecule has 1 aromatic heterocycles. The summed E-state index contributed by atoms with van der Waals surface area (Å²) in [4.78, 5) is 12.0. The molecule has 0 spiro atoms. The van der Waals surface area contributed by atoms with E-state index in [4.69, 9.17) is 21.1 Å². The zero-order valence-corrected chi connectivity index (χ0v) is 16.0. The monoisotopic (exact) mass is 401 g/mol. The summed E-state index contributed by atoms with van der Waals surface area (Å²) < 4.78 is 10.7. The van der Waals surface area contributed by atoms with Crippen LogP contribution in [0.4, 0.5) is 5.13 Å². The smallest absolute Gasteiger partial charge is 0.250 e. The van der Waals surface area contributed by atoms with Gasteiger partial charge in [0.2, 0.25) is 11.0 Å². The lowest BCUT2D eigenvalue weighted by Crippen LogP contribution is -2.07. The Morgan fingerprint density at radius 1 is 1.11 bits per heavy atom. The molecule has 0 saturated carbocycles. The quantitative estimate of drug-likeness (QED) is 0.593. The van der Waals surface area contributed by atoms with Gasteiger partial charge in [0, 0.05) is 11.1 Å². The molecule has 1 amide bonds. The number of carbonyl (C=O) groups excluding carboxylic acids is 1. The van der Waals surface area contributed by atoms with Crippen LogP contribution in [0.1, 0.15) is 10.6 Å². The normalized spacial score (nSPS) is 10.7. The molecule has 0 saturated heterocycles. The van der Waals surface area contributed by atoms with Crippen molar-refractivity contribution in [2.45, 2.75) is 6.61 Å². The molecule has 138 valence electrons. The first kappa shape index (κ1) is 18.9. The maximum absolute atomic E-state index is 12.0. The molecule has 8 heteroatoms. The SMILES string of the molecule is COc1ccc(/C=C/C(=O)Nc2nnc(COc3ccc(Cl)cc3)s2)cc1. The van der Waals surface area contributed by atoms with Crippen LogP contribution in [0.25, 0.3) is 6.08 Å². The summed E-state index contributed by atoms with van der Waals surface area (Å²) in [6.45, 7) is 0.261. The van der Waals surface area contributed by atoms with Crippen molar-refractivity contribution in [3.63, 3.8) is 0 Å². The van der Waals surface area contributed by atoms with Crippen LogP contribution < -0.4 is 14.8 Å². The van der Waals surface area contributed by atoms with Gasteiger partial charge < -0.3 is 9.47 Å². The number of nitrogens with one attached hydrogen (secondary N) is 1. The van der Waals surface area contributed by atoms with Gasteiger partial charge in [-0.25, -0.2) is 0 Å². The average molecular weight is 402 g/mol. The van der Waals surface area contributed by atoms with Crippen LogP contribution in [-0.4, -0.2) is 23.2 Å². The van der Waals surface area contributed by atoms with Crippen LogP contribution in [0.3, 0.4) is 0 Å². The number of hydrogen-bond acceptors (Lipinski definition) is 6. The molecule has 0 bridgehead atoms. The molecule has 0 radical (unpaired) electrons. The predicted octanol–water partition coefficient (Wildman–Crippen LogP) is 4.43. The maximum atomic E-state index is 12.0. The van der Waals surface area contributed by atoms with Gasteiger partial charge in [-0.05, 0) is 48.0 Å². The number of methoxy groups -OCH3 is 1. The van der Waals surface area contributed by atoms with Crippen LogP contribution in [0.2, 0.25) is 5.02 Å². The van der Waals surface area contributed by atoms with Crippen LogP contribution in [0.5, 0.6) is 11.5 Å². The molecule has 0 aliphatic rings. The van der Waals surface area contributed by atoms with Crippen molar-refractivity contribution in [3.05, 3.63) is 70.2 Å². The molecule has 2 aromatic carbocycles. The predicted molar refractivity (Wildman–Crippen MR) is 106 cm³/mol. The van der Waals surface area contributed by atoms with E-state index in [9.17, 15) is 4.79 Å². The number of anilines is 1. The zero-order chi connectivity index (χ0) is 19.1. The topological polar surface area (TPSA) is 73.3 Å². The van der Waals surface area contributed by atoms with Crippen LogP contribution in [0, 0.1) is 0 Å². The first-order valence-electron chi connectivity index (χ1n) is 7.96. The summed E-state index contributed by atoms with van der Waals surface area (Å²) in [5.41, 5.74) is 0.889. The Morgan fingerprint density at radius 2 is 1.81 bits per heavy atom. The number of benzene rings is 2. The largest absolute Gasteiger partial charge is 0.497 e. The second-order valence-electron chi connectivity index (χ2n) is 5.34. The van der Waals surface area contributed by atoms with Crippen LogP contribution >= 0.6 is 22.9 Å². The van der Waals surface area contributed by atoms with Gasteiger partial charge in [-0.15, -0.1) is 10.2 Å². The van der Waals surface area contributed by atoms with Crippen LogP contribution in [-0.2, 0) is 11.4 Å². The zero-order valence-electron chi connectivity index (χ0n) is 14.4. The van der Waals surface area contributed by atoms with Crippen molar-refractivity contribution in [2.24, 2.45) is 0 Å². The van der Waals surface area contributed by atoms with E-state index in [0.717, 1.165) is 11.3 Å². The molecule has 0 unspecified atom stereocenters. The molecule has 0 fully saturated rings. The highest BCUT2D eigenvalue weighted by Crippen LogP contribution is 2.20. The number of hydrogen-bond donors (Lipinski definition) is 1. The highest BCUT2D eigenvalue weighted by atomic mass is 35.5. The Kier molecular flexibility index (Phi) is 6.40. The van der Waals surface area contributed by atoms with Crippen molar-refractivity contribution in [2.75, 3.05) is 12.4 Å². The highest BCUT2D eigenvalue weighted by molar-refractivity contribution is 7.15. The summed E-state index contributed by atoms with van der Waals surface area (Å²) in [7, 11) is 1.61. The number of carbonyl (C=O) groups is 1. The minimum absolute atomic E-state index is 0.261. The van der Waals surface area contributed by atoms with E-state index >= 15 is 0 Å². The second kappa shape index (κ2) is 9.16. The third kappa shape index (κ3) is 5.80. The van der Waals surface area contributed by atoms with Gasteiger partial charge in [0.25, 0.3) is 0 Å². The van der Waals surface area contributed by atoms with E-state index < -0.39 is 0 Å². The Hall–Kier alpha value is -2.90. The van der Waals surface area contributed by atoms with E-state index in [1.54, 1.807) is 37.5 Å². The summed E-state index contributed by atoms with van der Waals surface area (Å²) in [5, 5.41) is 12.3. The van der Waals surface area contributed by atoms with Gasteiger partial charge in [0.15, 0.2) is 5.01 Å². The minimum Gasteiger partial charge on any atom is -0.497 e. The highest BCUT2D eigenvalue weighted by Gasteiger charge is 2.07. The van der Waals surface area contributed by atoms with Gasteiger partial charge in [0.1, 0.15) is 18.1 Å². The number of nitrogens with zero attached hydrogens (tertiary/aromatic N) is 2. The summed E-state index contributed by atoms with van der Waals surface area (Å²) in [6, 6.07) is 14.4. The summed E-state index contributed by atoms with van der Waals surface area (Å²) in [6.07, 6.45) is 3.15. The fraction of sp³-hybridized carbons (Fsp3) is 0.105. The van der Waals surface area contributed by atoms with Gasteiger partial charge in [-0.2, -0.15) is 0 Å². The second-order valence-corrected chi connectivity index (χ2v) is 6.84. The van der Waals surface area contributed by atoms with Crippen LogP contribution in [0.15, 0.2) is 54.6 Å². The molecule has 6 nitrogen and oxygen atoms in total. The van der Waals surface area contributed by atoms with Crippen molar-refractivity contribution in [1.29, 1.82) is 0 Å². The Bertz CT molecular complexity index is 924. The maximum Gasteiger partial charge on any atom is 0.250 e. The summed E-state index contributed by atoms with van der Waals surface area (Å²) in [5.74, 6) is 1.16. The lowest BCUT2D eigenvalue weighted by atomic mass is 10.2. The van der Waals surface area contributed by atoms with E-state index in [2.05, 4.69) is 15.5 Å². The molecule has 27 heavy (non-hydrogen) atoms. The van der Waals surface area contributed by atoms with E-state index in [-0.39, 0.29) is 12.5 Å². The van der Waals surface area contributed by atoms with E-state index in [1.165, 1.54) is 17.4 Å². The number of rotatable bonds is 7. The van der Waals surface area contributed by atoms with Gasteiger partial charge >= 0.3 is 0 Å². The van der Waals surface area contributed by atoms with Crippen molar-refractivity contribution >= 4 is 40.1 Å². The molecule has 0 atom stereocenters. The first-order valence-corrected chi connectivity index (χ1v) is 9.16. The third-order valence-electron chi connectivity index (χ3n) is 3.42. The minimum atomic E-state index is -0.285. The Balaban J connectivity index is 1.51.